The molecule has 0 saturated heterocycles. The fraction of sp³-hybridized carbons (Fsp3) is 0.650. The van der Waals surface area contributed by atoms with Gasteiger partial charge in [0.1, 0.15) is 5.75 Å². The van der Waals surface area contributed by atoms with Crippen LogP contribution in [0.1, 0.15) is 43.7 Å². The summed E-state index contributed by atoms with van der Waals surface area (Å²) in [6.07, 6.45) is -3.51. The Morgan fingerprint density at radius 1 is 1.10 bits per heavy atom. The van der Waals surface area contributed by atoms with Crippen molar-refractivity contribution in [2.24, 2.45) is 4.99 Å². The number of aliphatic imine (C=N–C) groups is 1. The van der Waals surface area contributed by atoms with Crippen molar-refractivity contribution in [1.29, 1.82) is 0 Å². The van der Waals surface area contributed by atoms with Crippen molar-refractivity contribution in [2.75, 3.05) is 33.4 Å². The van der Waals surface area contributed by atoms with Crippen molar-refractivity contribution in [2.45, 2.75) is 52.3 Å². The van der Waals surface area contributed by atoms with Gasteiger partial charge in [0.25, 0.3) is 0 Å². The van der Waals surface area contributed by atoms with Gasteiger partial charge < -0.3 is 20.1 Å². The second kappa shape index (κ2) is 15.6. The molecule has 1 rings (SSSR count). The van der Waals surface area contributed by atoms with Crippen LogP contribution in [0.15, 0.2) is 23.2 Å². The molecular formula is C20H33F3IN3O2. The highest BCUT2D eigenvalue weighted by molar-refractivity contribution is 14.0. The van der Waals surface area contributed by atoms with Crippen LogP contribution in [-0.2, 0) is 11.3 Å². The van der Waals surface area contributed by atoms with Crippen LogP contribution in [-0.4, -0.2) is 45.5 Å². The smallest absolute Gasteiger partial charge is 0.389 e. The Hall–Kier alpha value is -1.23. The molecule has 0 aliphatic carbocycles. The summed E-state index contributed by atoms with van der Waals surface area (Å²) in [5.41, 5.74) is 2.06. The van der Waals surface area contributed by atoms with Gasteiger partial charge >= 0.3 is 6.18 Å². The number of ether oxygens (including phenoxy) is 2. The number of benzene rings is 1. The zero-order valence-corrected chi connectivity index (χ0v) is 19.7. The van der Waals surface area contributed by atoms with E-state index < -0.39 is 12.6 Å². The van der Waals surface area contributed by atoms with E-state index in [2.05, 4.69) is 15.6 Å². The van der Waals surface area contributed by atoms with Crippen molar-refractivity contribution in [3.63, 3.8) is 0 Å². The third kappa shape index (κ3) is 13.6. The molecule has 2 N–H and O–H groups in total. The van der Waals surface area contributed by atoms with Crippen LogP contribution in [0.25, 0.3) is 0 Å². The SMILES string of the molecule is CCNC(=NCc1ccc(C)cc1OCCCOC)NCCCCC(F)(F)F.I. The number of unbranched alkanes of at least 4 members (excludes halogenated alkanes) is 1. The van der Waals surface area contributed by atoms with Gasteiger partial charge in [0.15, 0.2) is 5.96 Å². The number of nitrogens with zero attached hydrogens (tertiary/aromatic N) is 1. The van der Waals surface area contributed by atoms with E-state index in [1.165, 1.54) is 0 Å². The van der Waals surface area contributed by atoms with E-state index in [9.17, 15) is 13.2 Å². The molecule has 0 radical (unpaired) electrons. The third-order valence-electron chi connectivity index (χ3n) is 3.90. The summed E-state index contributed by atoms with van der Waals surface area (Å²) in [6, 6.07) is 5.97. The molecule has 5 nitrogen and oxygen atoms in total. The predicted octanol–water partition coefficient (Wildman–Crippen LogP) is 4.82. The van der Waals surface area contributed by atoms with E-state index >= 15 is 0 Å². The molecule has 0 aromatic heterocycles. The molecule has 0 unspecified atom stereocenters. The second-order valence-corrected chi connectivity index (χ2v) is 6.50. The summed E-state index contributed by atoms with van der Waals surface area (Å²) in [7, 11) is 1.66. The minimum atomic E-state index is -4.09. The summed E-state index contributed by atoms with van der Waals surface area (Å²) in [5.74, 6) is 1.38. The van der Waals surface area contributed by atoms with Crippen molar-refractivity contribution in [3.8, 4) is 5.75 Å². The lowest BCUT2D eigenvalue weighted by Gasteiger charge is -2.14. The Morgan fingerprint density at radius 3 is 2.52 bits per heavy atom. The van der Waals surface area contributed by atoms with Gasteiger partial charge in [-0.3, -0.25) is 0 Å². The van der Waals surface area contributed by atoms with Crippen molar-refractivity contribution in [1.82, 2.24) is 10.6 Å². The van der Waals surface area contributed by atoms with Gasteiger partial charge in [0.05, 0.1) is 13.2 Å². The van der Waals surface area contributed by atoms with Gasteiger partial charge in [0.2, 0.25) is 0 Å². The second-order valence-electron chi connectivity index (χ2n) is 6.50. The molecule has 0 aliphatic heterocycles. The molecule has 0 bridgehead atoms. The molecular weight excluding hydrogens is 498 g/mol. The lowest BCUT2D eigenvalue weighted by Crippen LogP contribution is -2.37. The summed E-state index contributed by atoms with van der Waals surface area (Å²) < 4.78 is 47.5. The van der Waals surface area contributed by atoms with Gasteiger partial charge in [-0.1, -0.05) is 12.1 Å². The quantitative estimate of drug-likeness (QED) is 0.176. The maximum Gasteiger partial charge on any atom is 0.389 e. The average molecular weight is 531 g/mol. The number of rotatable bonds is 12. The van der Waals surface area contributed by atoms with Gasteiger partial charge in [-0.2, -0.15) is 13.2 Å². The zero-order chi connectivity index (χ0) is 20.8. The molecule has 1 aromatic rings. The van der Waals surface area contributed by atoms with Crippen LogP contribution in [0, 0.1) is 6.92 Å². The molecule has 29 heavy (non-hydrogen) atoms. The first-order chi connectivity index (χ1) is 13.4. The Kier molecular flexibility index (Phi) is 14.9. The van der Waals surface area contributed by atoms with Gasteiger partial charge in [0, 0.05) is 45.2 Å². The molecule has 0 spiro atoms. The number of alkyl halides is 3. The number of nitrogens with one attached hydrogen (secondary N) is 2. The standard InChI is InChI=1S/C20H32F3N3O2.HI/c1-4-24-19(25-11-6-5-10-20(21,22)23)26-15-17-9-8-16(2)14-18(17)28-13-7-12-27-3;/h8-9,14H,4-7,10-13,15H2,1-3H3,(H2,24,25,26);1H. The van der Waals surface area contributed by atoms with E-state index in [-0.39, 0.29) is 30.4 Å². The Morgan fingerprint density at radius 2 is 1.86 bits per heavy atom. The molecule has 1 aromatic carbocycles. The first-order valence-corrected chi connectivity index (χ1v) is 9.66. The number of guanidine groups is 1. The topological polar surface area (TPSA) is 54.9 Å². The van der Waals surface area contributed by atoms with Crippen molar-refractivity contribution < 1.29 is 22.6 Å². The van der Waals surface area contributed by atoms with Gasteiger partial charge in [-0.25, -0.2) is 4.99 Å². The fourth-order valence-corrected chi connectivity index (χ4v) is 2.48. The van der Waals surface area contributed by atoms with E-state index in [1.807, 2.05) is 32.0 Å². The Bertz CT molecular complexity index is 599. The maximum absolute atomic E-state index is 12.2. The van der Waals surface area contributed by atoms with E-state index in [4.69, 9.17) is 9.47 Å². The van der Waals surface area contributed by atoms with Crippen molar-refractivity contribution >= 4 is 29.9 Å². The van der Waals surface area contributed by atoms with Crippen LogP contribution < -0.4 is 15.4 Å². The van der Waals surface area contributed by atoms with Crippen LogP contribution in [0.4, 0.5) is 13.2 Å². The highest BCUT2D eigenvalue weighted by Gasteiger charge is 2.25. The highest BCUT2D eigenvalue weighted by atomic mass is 127. The molecule has 0 fully saturated rings. The molecule has 168 valence electrons. The van der Waals surface area contributed by atoms with Gasteiger partial charge in [-0.15, -0.1) is 24.0 Å². The Balaban J connectivity index is 0.00000784. The number of hydrogen-bond acceptors (Lipinski definition) is 3. The predicted molar refractivity (Wildman–Crippen MR) is 121 cm³/mol. The lowest BCUT2D eigenvalue weighted by molar-refractivity contribution is -0.135. The molecule has 0 saturated carbocycles. The first-order valence-electron chi connectivity index (χ1n) is 9.66. The summed E-state index contributed by atoms with van der Waals surface area (Å²) in [4.78, 5) is 4.53. The zero-order valence-electron chi connectivity index (χ0n) is 17.4. The average Bonchev–Trinajstić information content (AvgIpc) is 2.63. The Labute approximate surface area is 188 Å². The van der Waals surface area contributed by atoms with Crippen molar-refractivity contribution in [3.05, 3.63) is 29.3 Å². The van der Waals surface area contributed by atoms with Crippen LogP contribution in [0.3, 0.4) is 0 Å². The van der Waals surface area contributed by atoms with E-state index in [0.717, 1.165) is 23.3 Å². The van der Waals surface area contributed by atoms with E-state index in [0.29, 0.717) is 45.2 Å². The number of aryl methyl sites for hydroxylation is 1. The summed E-state index contributed by atoms with van der Waals surface area (Å²) in [5, 5.41) is 6.19. The van der Waals surface area contributed by atoms with Crippen LogP contribution in [0.2, 0.25) is 0 Å². The summed E-state index contributed by atoms with van der Waals surface area (Å²) >= 11 is 0. The molecule has 0 amide bonds. The van der Waals surface area contributed by atoms with E-state index in [1.54, 1.807) is 7.11 Å². The lowest BCUT2D eigenvalue weighted by atomic mass is 10.1. The number of methoxy groups -OCH3 is 1. The minimum Gasteiger partial charge on any atom is -0.493 e. The molecule has 0 atom stereocenters. The molecule has 0 heterocycles. The minimum absolute atomic E-state index is 0. The third-order valence-corrected chi connectivity index (χ3v) is 3.90. The fourth-order valence-electron chi connectivity index (χ4n) is 2.48. The molecule has 0 aliphatic rings. The van der Waals surface area contributed by atoms with Gasteiger partial charge in [-0.05, 0) is 38.3 Å². The maximum atomic E-state index is 12.2. The highest BCUT2D eigenvalue weighted by Crippen LogP contribution is 2.22. The first kappa shape index (κ1) is 27.8. The summed E-state index contributed by atoms with van der Waals surface area (Å²) in [6.45, 7) is 6.67. The van der Waals surface area contributed by atoms with Crippen LogP contribution >= 0.6 is 24.0 Å². The normalized spacial score (nSPS) is 11.7. The van der Waals surface area contributed by atoms with Crippen LogP contribution in [0.5, 0.6) is 5.75 Å². The molecule has 9 heteroatoms. The largest absolute Gasteiger partial charge is 0.493 e. The monoisotopic (exact) mass is 531 g/mol. The number of hydrogen-bond donors (Lipinski definition) is 2. The number of halogens is 4.